The highest BCUT2D eigenvalue weighted by atomic mass is 79.9. The van der Waals surface area contributed by atoms with Crippen molar-refractivity contribution in [2.45, 2.75) is 6.16 Å². The summed E-state index contributed by atoms with van der Waals surface area (Å²) < 4.78 is 15.3. The maximum absolute atomic E-state index is 15.3. The zero-order chi connectivity index (χ0) is 22.4. The molecule has 0 fully saturated rings. The average Bonchev–Trinajstić information content (AvgIpc) is 2.85. The Hall–Kier alpha value is -3.07. The van der Waals surface area contributed by atoms with Crippen molar-refractivity contribution < 1.29 is 26.2 Å². The van der Waals surface area contributed by atoms with Crippen molar-refractivity contribution in [2.75, 3.05) is 5.32 Å². The van der Waals surface area contributed by atoms with E-state index in [1.807, 2.05) is 54.6 Å². The van der Waals surface area contributed by atoms with E-state index in [1.54, 1.807) is 12.1 Å². The Morgan fingerprint density at radius 1 is 0.758 bits per heavy atom. The van der Waals surface area contributed by atoms with Gasteiger partial charge in [0, 0.05) is 5.56 Å². The molecule has 1 amide bonds. The summed E-state index contributed by atoms with van der Waals surface area (Å²) in [5.74, 6) is -0.695. The molecule has 1 N–H and O–H groups in total. The molecule has 4 aromatic rings. The summed E-state index contributed by atoms with van der Waals surface area (Å²) in [4.78, 5) is 12.1. The molecule has 0 aliphatic carbocycles. The lowest BCUT2D eigenvalue weighted by Crippen LogP contribution is -3.00. The van der Waals surface area contributed by atoms with Gasteiger partial charge in [0.25, 0.3) is 0 Å². The molecule has 33 heavy (non-hydrogen) atoms. The Balaban J connectivity index is 0.00000306. The molecule has 0 saturated carbocycles. The lowest BCUT2D eigenvalue weighted by atomic mass is 10.2. The number of halogens is 2. The predicted octanol–water partition coefficient (Wildman–Crippen LogP) is 2.45. The third kappa shape index (κ3) is 5.13. The van der Waals surface area contributed by atoms with Crippen LogP contribution in [0, 0.1) is 5.82 Å². The van der Waals surface area contributed by atoms with Gasteiger partial charge in [-0.2, -0.15) is 0 Å². The number of carbonyl (C=O) groups excluding carboxylic acids is 1. The van der Waals surface area contributed by atoms with Crippen molar-refractivity contribution in [3.8, 4) is 0 Å². The average molecular weight is 520 g/mol. The maximum atomic E-state index is 15.3. The van der Waals surface area contributed by atoms with Gasteiger partial charge in [0.15, 0.2) is 0 Å². The van der Waals surface area contributed by atoms with Gasteiger partial charge in [-0.25, -0.2) is 4.39 Å². The van der Waals surface area contributed by atoms with Crippen LogP contribution in [0.3, 0.4) is 0 Å². The molecule has 5 heteroatoms. The van der Waals surface area contributed by atoms with E-state index in [0.29, 0.717) is 17.4 Å². The van der Waals surface area contributed by atoms with Crippen molar-refractivity contribution in [1.82, 2.24) is 0 Å². The molecular formula is C28H24BrFNOP. The zero-order valence-corrected chi connectivity index (χ0v) is 20.5. The first kappa shape index (κ1) is 24.6. The highest BCUT2D eigenvalue weighted by molar-refractivity contribution is 7.95. The normalized spacial score (nSPS) is 10.7. The number of hydrogen-bond donors (Lipinski definition) is 1. The van der Waals surface area contributed by atoms with E-state index in [-0.39, 0.29) is 28.7 Å². The number of anilines is 1. The number of benzene rings is 4. The quantitative estimate of drug-likeness (QED) is 0.295. The first-order chi connectivity index (χ1) is 15.6. The van der Waals surface area contributed by atoms with Gasteiger partial charge >= 0.3 is 0 Å². The molecule has 4 aromatic carbocycles. The molecule has 0 spiro atoms. The molecule has 0 aromatic heterocycles. The smallest absolute Gasteiger partial charge is 0.247 e. The van der Waals surface area contributed by atoms with Gasteiger partial charge in [0.1, 0.15) is 35.2 Å². The minimum Gasteiger partial charge on any atom is -1.00 e. The van der Waals surface area contributed by atoms with E-state index < -0.39 is 7.26 Å². The second-order valence-electron chi connectivity index (χ2n) is 7.43. The Bertz CT molecular complexity index is 1120. The Morgan fingerprint density at radius 2 is 1.21 bits per heavy atom. The zero-order valence-electron chi connectivity index (χ0n) is 18.0. The summed E-state index contributed by atoms with van der Waals surface area (Å²) in [5.41, 5.74) is 0.967. The van der Waals surface area contributed by atoms with Gasteiger partial charge in [-0.3, -0.25) is 4.79 Å². The van der Waals surface area contributed by atoms with Crippen LogP contribution in [0.4, 0.5) is 10.1 Å². The summed E-state index contributed by atoms with van der Waals surface area (Å²) in [6.07, 6.45) is 1.63. The van der Waals surface area contributed by atoms with E-state index in [2.05, 4.69) is 48.3 Å². The second-order valence-corrected chi connectivity index (χ2v) is 10.9. The third-order valence-corrected chi connectivity index (χ3v) is 9.88. The van der Waals surface area contributed by atoms with Crippen LogP contribution < -0.4 is 38.2 Å². The first-order valence-corrected chi connectivity index (χ1v) is 12.4. The monoisotopic (exact) mass is 519 g/mol. The van der Waals surface area contributed by atoms with Crippen molar-refractivity contribution in [3.63, 3.8) is 0 Å². The lowest BCUT2D eigenvalue weighted by molar-refractivity contribution is -0.111. The van der Waals surface area contributed by atoms with Crippen molar-refractivity contribution in [1.29, 1.82) is 0 Å². The van der Waals surface area contributed by atoms with Gasteiger partial charge in [-0.15, -0.1) is 0 Å². The summed E-state index contributed by atoms with van der Waals surface area (Å²) in [7, 11) is -2.30. The van der Waals surface area contributed by atoms with Crippen LogP contribution in [-0.2, 0) is 11.0 Å². The van der Waals surface area contributed by atoms with E-state index in [4.69, 9.17) is 0 Å². The topological polar surface area (TPSA) is 29.1 Å². The lowest BCUT2D eigenvalue weighted by Gasteiger charge is -2.28. The molecule has 0 saturated heterocycles. The van der Waals surface area contributed by atoms with Gasteiger partial charge in [-0.1, -0.05) is 67.2 Å². The van der Waals surface area contributed by atoms with E-state index in [1.165, 1.54) is 12.1 Å². The Labute approximate surface area is 205 Å². The van der Waals surface area contributed by atoms with Crippen LogP contribution in [0.5, 0.6) is 0 Å². The predicted molar refractivity (Wildman–Crippen MR) is 134 cm³/mol. The van der Waals surface area contributed by atoms with Crippen molar-refractivity contribution in [2.24, 2.45) is 0 Å². The molecular weight excluding hydrogens is 496 g/mol. The summed E-state index contributed by atoms with van der Waals surface area (Å²) in [6, 6.07) is 35.7. The van der Waals surface area contributed by atoms with Crippen molar-refractivity contribution in [3.05, 3.63) is 133 Å². The van der Waals surface area contributed by atoms with Crippen molar-refractivity contribution >= 4 is 34.8 Å². The second kappa shape index (κ2) is 11.2. The van der Waals surface area contributed by atoms with Gasteiger partial charge in [0.2, 0.25) is 5.91 Å². The molecule has 2 nitrogen and oxygen atoms in total. The van der Waals surface area contributed by atoms with Gasteiger partial charge < -0.3 is 22.3 Å². The first-order valence-electron chi connectivity index (χ1n) is 10.4. The van der Waals surface area contributed by atoms with E-state index in [0.717, 1.165) is 15.9 Å². The summed E-state index contributed by atoms with van der Waals surface area (Å²) in [6.45, 7) is 3.53. The highest BCUT2D eigenvalue weighted by Gasteiger charge is 2.46. The molecule has 0 unspecified atom stereocenters. The van der Waals surface area contributed by atoms with Crippen LogP contribution in [0.15, 0.2) is 122 Å². The fraction of sp³-hybridized carbons (Fsp3) is 0.0357. The van der Waals surface area contributed by atoms with Crippen LogP contribution in [0.25, 0.3) is 0 Å². The molecule has 0 heterocycles. The SMILES string of the molecule is C=CC(=O)Nc1cccc(F)c1C[P+](c1ccccc1)(c1ccccc1)c1ccccc1.[Br-]. The molecule has 0 atom stereocenters. The number of hydrogen-bond acceptors (Lipinski definition) is 1. The summed E-state index contributed by atoms with van der Waals surface area (Å²) in [5, 5.41) is 6.26. The number of rotatable bonds is 7. The highest BCUT2D eigenvalue weighted by Crippen LogP contribution is 2.59. The van der Waals surface area contributed by atoms with Crippen LogP contribution in [0.1, 0.15) is 5.56 Å². The van der Waals surface area contributed by atoms with Crippen LogP contribution in [0.2, 0.25) is 0 Å². The minimum absolute atomic E-state index is 0. The minimum atomic E-state index is -2.30. The molecule has 0 aliphatic rings. The molecule has 0 aliphatic heterocycles. The number of amides is 1. The van der Waals surface area contributed by atoms with Gasteiger partial charge in [-0.05, 0) is 54.6 Å². The maximum Gasteiger partial charge on any atom is 0.247 e. The standard InChI is InChI=1S/C28H23FNOP.BrH/c1-2-28(31)30-27-20-12-19-26(29)25(27)21-32(22-13-6-3-7-14-22,23-15-8-4-9-16-23)24-17-10-5-11-18-24;/h2-20H,1,21H2;1H. The molecule has 166 valence electrons. The largest absolute Gasteiger partial charge is 1.00 e. The molecule has 0 radical (unpaired) electrons. The van der Waals surface area contributed by atoms with E-state index in [9.17, 15) is 4.79 Å². The van der Waals surface area contributed by atoms with Crippen LogP contribution in [-0.4, -0.2) is 5.91 Å². The fourth-order valence-electron chi connectivity index (χ4n) is 4.03. The van der Waals surface area contributed by atoms with Crippen LogP contribution >= 0.6 is 7.26 Å². The number of carbonyl (C=O) groups is 1. The Kier molecular flexibility index (Phi) is 8.32. The Morgan fingerprint density at radius 3 is 1.64 bits per heavy atom. The summed E-state index contributed by atoms with van der Waals surface area (Å²) >= 11 is 0. The molecule has 0 bridgehead atoms. The fourth-order valence-corrected chi connectivity index (χ4v) is 8.31. The number of nitrogens with one attached hydrogen (secondary N) is 1. The van der Waals surface area contributed by atoms with E-state index >= 15 is 4.39 Å². The van der Waals surface area contributed by atoms with Gasteiger partial charge in [0.05, 0.1) is 5.69 Å². The molecule has 4 rings (SSSR count). The third-order valence-electron chi connectivity index (χ3n) is 5.55.